The molecule has 0 unspecified atom stereocenters. The Morgan fingerprint density at radius 1 is 1.25 bits per heavy atom. The van der Waals surface area contributed by atoms with Crippen molar-refractivity contribution in [2.24, 2.45) is 0 Å². The predicted molar refractivity (Wildman–Crippen MR) is 84.7 cm³/mol. The van der Waals surface area contributed by atoms with Crippen LogP contribution in [-0.2, 0) is 6.54 Å². The van der Waals surface area contributed by atoms with Crippen LogP contribution in [0.3, 0.4) is 0 Å². The molecule has 0 bridgehead atoms. The van der Waals surface area contributed by atoms with E-state index in [1.54, 1.807) is 12.1 Å². The fraction of sp³-hybridized carbons (Fsp3) is 0.0714. The molecule has 0 atom stereocenters. The van der Waals surface area contributed by atoms with Crippen molar-refractivity contribution in [2.75, 3.05) is 11.1 Å². The number of rotatable bonds is 4. The summed E-state index contributed by atoms with van der Waals surface area (Å²) in [6.07, 6.45) is 1.48. The number of hydrogen-bond donors (Lipinski definition) is 4. The number of nitrogens with zero attached hydrogens (tertiary/aromatic N) is 3. The van der Waals surface area contributed by atoms with E-state index in [0.29, 0.717) is 17.9 Å². The van der Waals surface area contributed by atoms with Crippen molar-refractivity contribution in [2.45, 2.75) is 6.54 Å². The third-order valence-corrected chi connectivity index (χ3v) is 3.19. The quantitative estimate of drug-likeness (QED) is 0.512. The van der Waals surface area contributed by atoms with E-state index in [2.05, 4.69) is 25.3 Å². The van der Waals surface area contributed by atoms with E-state index in [1.165, 1.54) is 18.3 Å². The highest BCUT2D eigenvalue weighted by Crippen LogP contribution is 2.11. The van der Waals surface area contributed by atoms with Crippen LogP contribution < -0.4 is 22.1 Å². The third kappa shape index (κ3) is 3.11. The van der Waals surface area contributed by atoms with Crippen molar-refractivity contribution in [3.8, 4) is 0 Å². The second kappa shape index (κ2) is 6.28. The maximum absolute atomic E-state index is 12.1. The minimum absolute atomic E-state index is 0.0231. The van der Waals surface area contributed by atoms with E-state index in [0.717, 1.165) is 5.54 Å². The molecule has 24 heavy (non-hydrogen) atoms. The number of carbonyl (C=O) groups excluding carboxylic acids is 1. The van der Waals surface area contributed by atoms with E-state index in [4.69, 9.17) is 5.73 Å². The van der Waals surface area contributed by atoms with E-state index >= 15 is 0 Å². The van der Waals surface area contributed by atoms with E-state index in [9.17, 15) is 14.1 Å². The van der Waals surface area contributed by atoms with Gasteiger partial charge in [0.2, 0.25) is 5.95 Å². The second-order valence-electron chi connectivity index (χ2n) is 4.84. The number of aromatic amines is 1. The highest BCUT2D eigenvalue weighted by molar-refractivity contribution is 5.93. The molecule has 5 N–H and O–H groups in total. The van der Waals surface area contributed by atoms with Crippen molar-refractivity contribution in [1.82, 2.24) is 25.5 Å². The number of halogens is 1. The normalized spacial score (nSPS) is 10.5. The van der Waals surface area contributed by atoms with Gasteiger partial charge >= 0.3 is 0 Å². The topological polar surface area (TPSA) is 139 Å². The Morgan fingerprint density at radius 3 is 2.71 bits per heavy atom. The zero-order valence-electron chi connectivity index (χ0n) is 12.2. The fourth-order valence-corrected chi connectivity index (χ4v) is 2.04. The molecule has 0 saturated carbocycles. The summed E-state index contributed by atoms with van der Waals surface area (Å²) in [7, 11) is 0. The monoisotopic (exact) mass is 329 g/mol. The molecule has 3 aromatic rings. The van der Waals surface area contributed by atoms with Crippen molar-refractivity contribution in [3.63, 3.8) is 0 Å². The fourth-order valence-electron chi connectivity index (χ4n) is 2.04. The molecule has 3 rings (SSSR count). The standard InChI is InChI=1S/C14H12FN7O2/c15-22-12(23)7-1-3-8(4-2-7)17-5-9-6-18-11-10(19-9)13(24)21-14(16)20-11/h1-4,6,17H,5H2,(H,22,23)(H3,16,18,20,21,24). The number of amides is 1. The molecule has 0 saturated heterocycles. The molecule has 0 spiro atoms. The molecule has 2 aromatic heterocycles. The summed E-state index contributed by atoms with van der Waals surface area (Å²) in [5.74, 6) is -0.835. The van der Waals surface area contributed by atoms with Crippen LogP contribution >= 0.6 is 0 Å². The number of hydrogen-bond acceptors (Lipinski definition) is 7. The summed E-state index contributed by atoms with van der Waals surface area (Å²) in [6.45, 7) is 0.293. The van der Waals surface area contributed by atoms with Crippen molar-refractivity contribution in [1.29, 1.82) is 0 Å². The van der Waals surface area contributed by atoms with Crippen LogP contribution in [0.2, 0.25) is 0 Å². The van der Waals surface area contributed by atoms with Gasteiger partial charge in [0.25, 0.3) is 11.5 Å². The Labute approximate surface area is 134 Å². The molecular formula is C14H12FN7O2. The largest absolute Gasteiger partial charge is 0.379 e. The summed E-state index contributed by atoms with van der Waals surface area (Å²) >= 11 is 0. The summed E-state index contributed by atoms with van der Waals surface area (Å²) in [5.41, 5.74) is 7.71. The Balaban J connectivity index is 1.76. The summed E-state index contributed by atoms with van der Waals surface area (Å²) in [4.78, 5) is 37.4. The van der Waals surface area contributed by atoms with Gasteiger partial charge in [-0.15, -0.1) is 0 Å². The number of benzene rings is 1. The van der Waals surface area contributed by atoms with Gasteiger partial charge in [-0.1, -0.05) is 4.48 Å². The number of fused-ring (bicyclic) bond motifs is 1. The van der Waals surface area contributed by atoms with Crippen molar-refractivity contribution >= 4 is 28.7 Å². The number of H-pyrrole nitrogens is 1. The Hall–Kier alpha value is -3.56. The third-order valence-electron chi connectivity index (χ3n) is 3.19. The lowest BCUT2D eigenvalue weighted by atomic mass is 10.2. The highest BCUT2D eigenvalue weighted by atomic mass is 19.2. The first-order valence-electron chi connectivity index (χ1n) is 6.83. The first-order chi connectivity index (χ1) is 11.6. The number of carbonyl (C=O) groups is 1. The van der Waals surface area contributed by atoms with Crippen LogP contribution in [-0.4, -0.2) is 25.8 Å². The van der Waals surface area contributed by atoms with Gasteiger partial charge in [0.1, 0.15) is 0 Å². The van der Waals surface area contributed by atoms with Crippen LogP contribution in [0.1, 0.15) is 16.1 Å². The highest BCUT2D eigenvalue weighted by Gasteiger charge is 2.07. The summed E-state index contributed by atoms with van der Waals surface area (Å²) < 4.78 is 12.1. The molecule has 0 radical (unpaired) electrons. The molecule has 122 valence electrons. The number of aromatic nitrogens is 4. The zero-order valence-corrected chi connectivity index (χ0v) is 12.2. The van der Waals surface area contributed by atoms with Gasteiger partial charge in [0.15, 0.2) is 11.2 Å². The van der Waals surface area contributed by atoms with Gasteiger partial charge in [0, 0.05) is 11.3 Å². The molecule has 2 heterocycles. The molecular weight excluding hydrogens is 317 g/mol. The number of nitrogens with one attached hydrogen (secondary N) is 3. The number of nitrogens with two attached hydrogens (primary N) is 1. The van der Waals surface area contributed by atoms with Crippen LogP contribution in [0.5, 0.6) is 0 Å². The van der Waals surface area contributed by atoms with Crippen LogP contribution in [0.4, 0.5) is 16.1 Å². The van der Waals surface area contributed by atoms with Gasteiger partial charge in [-0.05, 0) is 24.3 Å². The minimum Gasteiger partial charge on any atom is -0.379 e. The molecule has 0 fully saturated rings. The molecule has 9 nitrogen and oxygen atoms in total. The second-order valence-corrected chi connectivity index (χ2v) is 4.84. The zero-order chi connectivity index (χ0) is 17.1. The maximum atomic E-state index is 12.1. The maximum Gasteiger partial charge on any atom is 0.280 e. The minimum atomic E-state index is -0.812. The Bertz CT molecular complexity index is 955. The van der Waals surface area contributed by atoms with Crippen LogP contribution in [0.15, 0.2) is 35.3 Å². The lowest BCUT2D eigenvalue weighted by molar-refractivity contribution is 0.0859. The molecule has 0 aliphatic carbocycles. The van der Waals surface area contributed by atoms with Crippen LogP contribution in [0.25, 0.3) is 11.2 Å². The first-order valence-corrected chi connectivity index (χ1v) is 6.83. The van der Waals surface area contributed by atoms with Gasteiger partial charge in [-0.3, -0.25) is 14.6 Å². The summed E-state index contributed by atoms with van der Waals surface area (Å²) in [6, 6.07) is 6.18. The lowest BCUT2D eigenvalue weighted by Gasteiger charge is -2.07. The van der Waals surface area contributed by atoms with Gasteiger partial charge in [-0.25, -0.2) is 9.97 Å². The molecule has 0 aliphatic rings. The van der Waals surface area contributed by atoms with Crippen molar-refractivity contribution in [3.05, 3.63) is 52.1 Å². The average Bonchev–Trinajstić information content (AvgIpc) is 2.60. The van der Waals surface area contributed by atoms with Gasteiger partial charge < -0.3 is 11.1 Å². The molecule has 1 amide bonds. The van der Waals surface area contributed by atoms with E-state index in [-0.39, 0.29) is 22.7 Å². The first kappa shape index (κ1) is 15.3. The lowest BCUT2D eigenvalue weighted by Crippen LogP contribution is -2.15. The molecule has 0 aliphatic heterocycles. The average molecular weight is 329 g/mol. The molecule has 1 aromatic carbocycles. The van der Waals surface area contributed by atoms with Gasteiger partial charge in [0.05, 0.1) is 18.4 Å². The van der Waals surface area contributed by atoms with Crippen LogP contribution in [0, 0.1) is 0 Å². The number of anilines is 2. The smallest absolute Gasteiger partial charge is 0.280 e. The SMILES string of the molecule is Nc1nc2ncc(CNc3ccc(C(=O)NF)cc3)nc2c(=O)[nH]1. The Kier molecular flexibility index (Phi) is 4.01. The van der Waals surface area contributed by atoms with E-state index < -0.39 is 11.5 Å². The number of nitrogen functional groups attached to an aromatic ring is 1. The molecule has 10 heteroatoms. The summed E-state index contributed by atoms with van der Waals surface area (Å²) in [5, 5.41) is 3.06. The van der Waals surface area contributed by atoms with Gasteiger partial charge in [-0.2, -0.15) is 10.5 Å². The predicted octanol–water partition coefficient (Wildman–Crippen LogP) is 0.522. The van der Waals surface area contributed by atoms with E-state index in [1.807, 2.05) is 0 Å². The Morgan fingerprint density at radius 2 is 2.00 bits per heavy atom. The van der Waals surface area contributed by atoms with Crippen molar-refractivity contribution < 1.29 is 9.28 Å².